The van der Waals surface area contributed by atoms with Crippen LogP contribution >= 0.6 is 0 Å². The van der Waals surface area contributed by atoms with E-state index in [-0.39, 0.29) is 0 Å². The van der Waals surface area contributed by atoms with Gasteiger partial charge in [0.1, 0.15) is 11.3 Å². The quantitative estimate of drug-likeness (QED) is 0.694. The lowest BCUT2D eigenvalue weighted by Gasteiger charge is -1.95. The number of nitrogen functional groups attached to an aromatic ring is 1. The fourth-order valence-corrected chi connectivity index (χ4v) is 1.25. The minimum atomic E-state index is 0.381. The van der Waals surface area contributed by atoms with Crippen molar-refractivity contribution in [1.29, 1.82) is 0 Å². The van der Waals surface area contributed by atoms with Crippen molar-refractivity contribution in [3.63, 3.8) is 0 Å². The summed E-state index contributed by atoms with van der Waals surface area (Å²) in [6.07, 6.45) is 3.36. The highest BCUT2D eigenvalue weighted by Crippen LogP contribution is 2.19. The van der Waals surface area contributed by atoms with Crippen LogP contribution in [0.5, 0.6) is 0 Å². The minimum absolute atomic E-state index is 0.381. The van der Waals surface area contributed by atoms with Crippen molar-refractivity contribution in [3.05, 3.63) is 18.2 Å². The number of hydrogen-bond acceptors (Lipinski definition) is 3. The maximum Gasteiger partial charge on any atom is 0.115 e. The molecule has 0 aliphatic heterocycles. The van der Waals surface area contributed by atoms with Crippen LogP contribution in [0.2, 0.25) is 0 Å². The van der Waals surface area contributed by atoms with Crippen LogP contribution in [0.4, 0.5) is 5.69 Å². The summed E-state index contributed by atoms with van der Waals surface area (Å²) < 4.78 is 0. The van der Waals surface area contributed by atoms with Crippen LogP contribution in [0, 0.1) is 0 Å². The van der Waals surface area contributed by atoms with Gasteiger partial charge in [0, 0.05) is 5.92 Å². The number of aromatic nitrogens is 3. The van der Waals surface area contributed by atoms with E-state index in [1.54, 1.807) is 12.4 Å². The Balaban J connectivity index is 2.68. The van der Waals surface area contributed by atoms with E-state index in [0.29, 0.717) is 11.6 Å². The van der Waals surface area contributed by atoms with Crippen LogP contribution in [0.3, 0.4) is 0 Å². The van der Waals surface area contributed by atoms with E-state index in [1.165, 1.54) is 0 Å². The number of nitrogens with zero attached hydrogens (tertiary/aromatic N) is 2. The molecule has 2 aromatic heterocycles. The highest BCUT2D eigenvalue weighted by atomic mass is 14.9. The van der Waals surface area contributed by atoms with Crippen molar-refractivity contribution in [2.24, 2.45) is 0 Å². The number of nitrogens with two attached hydrogens (primary N) is 1. The standard InChI is InChI=1S/C9H12N4/c1-5(2)9-12-7-4-11-3-6(10)8(7)13-9/h3-5H,10H2,1-2H3,(H,12,13). The Morgan fingerprint density at radius 2 is 2.15 bits per heavy atom. The molecular formula is C9H12N4. The van der Waals surface area contributed by atoms with Crippen LogP contribution in [0.1, 0.15) is 25.6 Å². The molecule has 0 radical (unpaired) electrons. The van der Waals surface area contributed by atoms with Gasteiger partial charge in [0.15, 0.2) is 0 Å². The predicted molar refractivity (Wildman–Crippen MR) is 52.4 cm³/mol. The Labute approximate surface area is 76.2 Å². The molecule has 68 valence electrons. The van der Waals surface area contributed by atoms with Gasteiger partial charge in [0.2, 0.25) is 0 Å². The first kappa shape index (κ1) is 8.04. The van der Waals surface area contributed by atoms with E-state index in [0.717, 1.165) is 16.9 Å². The van der Waals surface area contributed by atoms with E-state index in [9.17, 15) is 0 Å². The molecule has 0 aromatic carbocycles. The maximum absolute atomic E-state index is 5.72. The first-order chi connectivity index (χ1) is 6.18. The van der Waals surface area contributed by atoms with E-state index in [4.69, 9.17) is 5.73 Å². The van der Waals surface area contributed by atoms with Crippen LogP contribution in [-0.2, 0) is 0 Å². The van der Waals surface area contributed by atoms with Crippen molar-refractivity contribution in [1.82, 2.24) is 15.0 Å². The fourth-order valence-electron chi connectivity index (χ4n) is 1.25. The molecule has 13 heavy (non-hydrogen) atoms. The third-order valence-electron chi connectivity index (χ3n) is 1.99. The Kier molecular flexibility index (Phi) is 1.69. The molecule has 0 aliphatic carbocycles. The molecule has 0 bridgehead atoms. The zero-order chi connectivity index (χ0) is 9.42. The number of fused-ring (bicyclic) bond motifs is 1. The molecule has 0 saturated carbocycles. The van der Waals surface area contributed by atoms with Gasteiger partial charge in [0.25, 0.3) is 0 Å². The lowest BCUT2D eigenvalue weighted by atomic mass is 10.2. The lowest BCUT2D eigenvalue weighted by Crippen LogP contribution is -1.89. The Morgan fingerprint density at radius 3 is 2.77 bits per heavy atom. The summed E-state index contributed by atoms with van der Waals surface area (Å²) in [5, 5.41) is 0. The second kappa shape index (κ2) is 2.73. The third kappa shape index (κ3) is 1.24. The van der Waals surface area contributed by atoms with Crippen LogP contribution in [0.25, 0.3) is 11.0 Å². The fraction of sp³-hybridized carbons (Fsp3) is 0.333. The summed E-state index contributed by atoms with van der Waals surface area (Å²) in [7, 11) is 0. The van der Waals surface area contributed by atoms with Gasteiger partial charge in [-0.2, -0.15) is 0 Å². The Morgan fingerprint density at radius 1 is 1.38 bits per heavy atom. The first-order valence-electron chi connectivity index (χ1n) is 4.27. The molecule has 2 aromatic rings. The molecule has 0 saturated heterocycles. The average Bonchev–Trinajstić information content (AvgIpc) is 2.49. The number of pyridine rings is 1. The molecule has 2 heterocycles. The van der Waals surface area contributed by atoms with Gasteiger partial charge in [-0.1, -0.05) is 13.8 Å². The van der Waals surface area contributed by atoms with E-state index in [2.05, 4.69) is 28.8 Å². The van der Waals surface area contributed by atoms with Crippen LogP contribution in [-0.4, -0.2) is 15.0 Å². The van der Waals surface area contributed by atoms with E-state index >= 15 is 0 Å². The normalized spacial score (nSPS) is 11.3. The lowest BCUT2D eigenvalue weighted by molar-refractivity contribution is 0.799. The highest BCUT2D eigenvalue weighted by Gasteiger charge is 2.07. The summed E-state index contributed by atoms with van der Waals surface area (Å²) in [6.45, 7) is 4.17. The van der Waals surface area contributed by atoms with Crippen molar-refractivity contribution in [2.45, 2.75) is 19.8 Å². The summed E-state index contributed by atoms with van der Waals surface area (Å²) in [5.74, 6) is 1.33. The zero-order valence-corrected chi connectivity index (χ0v) is 7.70. The van der Waals surface area contributed by atoms with Gasteiger partial charge in [0.05, 0.1) is 23.6 Å². The summed E-state index contributed by atoms with van der Waals surface area (Å²) in [6, 6.07) is 0. The summed E-state index contributed by atoms with van der Waals surface area (Å²) in [4.78, 5) is 11.6. The monoisotopic (exact) mass is 176 g/mol. The second-order valence-electron chi connectivity index (χ2n) is 3.40. The zero-order valence-electron chi connectivity index (χ0n) is 7.70. The number of imidazole rings is 1. The number of H-pyrrole nitrogens is 1. The SMILES string of the molecule is CC(C)c1nc2c(N)cncc2[nH]1. The number of anilines is 1. The van der Waals surface area contributed by atoms with Crippen LogP contribution in [0.15, 0.2) is 12.4 Å². The van der Waals surface area contributed by atoms with Gasteiger partial charge >= 0.3 is 0 Å². The first-order valence-corrected chi connectivity index (χ1v) is 4.27. The third-order valence-corrected chi connectivity index (χ3v) is 1.99. The molecule has 3 N–H and O–H groups in total. The van der Waals surface area contributed by atoms with Gasteiger partial charge < -0.3 is 10.7 Å². The molecule has 0 spiro atoms. The molecule has 2 rings (SSSR count). The highest BCUT2D eigenvalue weighted by molar-refractivity contribution is 5.85. The topological polar surface area (TPSA) is 67.6 Å². The van der Waals surface area contributed by atoms with Crippen molar-refractivity contribution in [2.75, 3.05) is 5.73 Å². The average molecular weight is 176 g/mol. The van der Waals surface area contributed by atoms with Gasteiger partial charge in [-0.25, -0.2) is 4.98 Å². The van der Waals surface area contributed by atoms with Crippen LogP contribution < -0.4 is 5.73 Å². The number of aromatic amines is 1. The second-order valence-corrected chi connectivity index (χ2v) is 3.40. The molecule has 4 heteroatoms. The molecule has 0 unspecified atom stereocenters. The summed E-state index contributed by atoms with van der Waals surface area (Å²) >= 11 is 0. The largest absolute Gasteiger partial charge is 0.396 e. The number of hydrogen-bond donors (Lipinski definition) is 2. The van der Waals surface area contributed by atoms with E-state index < -0.39 is 0 Å². The predicted octanol–water partition coefficient (Wildman–Crippen LogP) is 1.66. The number of nitrogens with one attached hydrogen (secondary N) is 1. The van der Waals surface area contributed by atoms with Gasteiger partial charge in [-0.05, 0) is 0 Å². The maximum atomic E-state index is 5.72. The Bertz CT molecular complexity index is 430. The molecule has 0 atom stereocenters. The molecule has 0 fully saturated rings. The summed E-state index contributed by atoms with van der Waals surface area (Å²) in [5.41, 5.74) is 8.07. The molecular weight excluding hydrogens is 164 g/mol. The van der Waals surface area contributed by atoms with Crippen molar-refractivity contribution >= 4 is 16.7 Å². The van der Waals surface area contributed by atoms with Crippen molar-refractivity contribution < 1.29 is 0 Å². The molecule has 0 amide bonds. The van der Waals surface area contributed by atoms with E-state index in [1.807, 2.05) is 0 Å². The smallest absolute Gasteiger partial charge is 0.115 e. The minimum Gasteiger partial charge on any atom is -0.396 e. The van der Waals surface area contributed by atoms with Gasteiger partial charge in [-0.3, -0.25) is 4.98 Å². The van der Waals surface area contributed by atoms with Crippen molar-refractivity contribution in [3.8, 4) is 0 Å². The Hall–Kier alpha value is -1.58. The molecule has 4 nitrogen and oxygen atoms in total. The molecule has 0 aliphatic rings. The number of rotatable bonds is 1. The van der Waals surface area contributed by atoms with Gasteiger partial charge in [-0.15, -0.1) is 0 Å².